The first-order valence-corrected chi connectivity index (χ1v) is 8.24. The number of anilines is 1. The first-order valence-electron chi connectivity index (χ1n) is 7.45. The predicted octanol–water partition coefficient (Wildman–Crippen LogP) is 4.47. The van der Waals surface area contributed by atoms with Crippen LogP contribution in [-0.2, 0) is 6.54 Å². The monoisotopic (exact) mass is 387 g/mol. The van der Waals surface area contributed by atoms with Crippen molar-refractivity contribution in [3.8, 4) is 22.8 Å². The Kier molecular flexibility index (Phi) is 5.05. The van der Waals surface area contributed by atoms with Crippen molar-refractivity contribution >= 4 is 21.6 Å². The van der Waals surface area contributed by atoms with Crippen molar-refractivity contribution in [3.05, 3.63) is 59.0 Å². The van der Waals surface area contributed by atoms with Crippen LogP contribution in [0.1, 0.15) is 5.82 Å². The molecule has 124 valence electrons. The molecule has 0 radical (unpaired) electrons. The number of rotatable bonds is 6. The zero-order valence-electron chi connectivity index (χ0n) is 13.5. The maximum absolute atomic E-state index is 5.31. The molecule has 5 nitrogen and oxygen atoms in total. The van der Waals surface area contributed by atoms with Crippen LogP contribution < -0.4 is 14.8 Å². The molecule has 6 heteroatoms. The van der Waals surface area contributed by atoms with Gasteiger partial charge in [-0.15, -0.1) is 0 Å². The van der Waals surface area contributed by atoms with Gasteiger partial charge in [0.05, 0.1) is 32.7 Å². The molecule has 0 spiro atoms. The van der Waals surface area contributed by atoms with Crippen molar-refractivity contribution in [2.75, 3.05) is 19.5 Å². The van der Waals surface area contributed by atoms with Gasteiger partial charge in [-0.25, -0.2) is 4.98 Å². The molecule has 0 aliphatic rings. The van der Waals surface area contributed by atoms with Crippen LogP contribution in [0.2, 0.25) is 0 Å². The fourth-order valence-electron chi connectivity index (χ4n) is 2.39. The molecule has 2 N–H and O–H groups in total. The van der Waals surface area contributed by atoms with Gasteiger partial charge in [0.2, 0.25) is 0 Å². The summed E-state index contributed by atoms with van der Waals surface area (Å²) in [5.41, 5.74) is 3.02. The van der Waals surface area contributed by atoms with Crippen molar-refractivity contribution < 1.29 is 9.47 Å². The van der Waals surface area contributed by atoms with E-state index in [0.717, 1.165) is 27.2 Å². The summed E-state index contributed by atoms with van der Waals surface area (Å²) in [4.78, 5) is 7.75. The third-order valence-corrected chi connectivity index (χ3v) is 4.10. The standard InChI is InChI=1S/C18H18BrN3O2/c1-23-16-7-6-14(9-17(16)24-2)20-11-18-21-10-15(22-18)12-4-3-5-13(19)8-12/h3-10,20H,11H2,1-2H3,(H,21,22). The summed E-state index contributed by atoms with van der Waals surface area (Å²) in [7, 11) is 3.25. The highest BCUT2D eigenvalue weighted by Gasteiger charge is 2.06. The van der Waals surface area contributed by atoms with Gasteiger partial charge in [0.1, 0.15) is 5.82 Å². The number of hydrogen-bond donors (Lipinski definition) is 2. The number of nitrogens with one attached hydrogen (secondary N) is 2. The maximum atomic E-state index is 5.31. The molecule has 1 aromatic heterocycles. The van der Waals surface area contributed by atoms with Crippen LogP contribution in [0.3, 0.4) is 0 Å². The van der Waals surface area contributed by atoms with Crippen molar-refractivity contribution in [1.29, 1.82) is 0 Å². The summed E-state index contributed by atoms with van der Waals surface area (Å²) in [5.74, 6) is 2.26. The Morgan fingerprint density at radius 2 is 1.92 bits per heavy atom. The second kappa shape index (κ2) is 7.40. The number of aromatic nitrogens is 2. The molecule has 2 aromatic carbocycles. The van der Waals surface area contributed by atoms with E-state index in [1.807, 2.05) is 42.6 Å². The number of aromatic amines is 1. The summed E-state index contributed by atoms with van der Waals surface area (Å²) >= 11 is 3.48. The minimum Gasteiger partial charge on any atom is -0.493 e. The van der Waals surface area contributed by atoms with Crippen LogP contribution >= 0.6 is 15.9 Å². The van der Waals surface area contributed by atoms with Gasteiger partial charge < -0.3 is 19.8 Å². The minimum atomic E-state index is 0.587. The number of methoxy groups -OCH3 is 2. The molecule has 0 unspecified atom stereocenters. The number of hydrogen-bond acceptors (Lipinski definition) is 4. The highest BCUT2D eigenvalue weighted by molar-refractivity contribution is 9.10. The van der Waals surface area contributed by atoms with Crippen molar-refractivity contribution in [1.82, 2.24) is 9.97 Å². The molecule has 1 heterocycles. The summed E-state index contributed by atoms with van der Waals surface area (Å²) in [5, 5.41) is 3.32. The lowest BCUT2D eigenvalue weighted by molar-refractivity contribution is 0.355. The van der Waals surface area contributed by atoms with E-state index >= 15 is 0 Å². The Hall–Kier alpha value is -2.47. The van der Waals surface area contributed by atoms with Gasteiger partial charge in [-0.3, -0.25) is 0 Å². The Labute approximate surface area is 149 Å². The van der Waals surface area contributed by atoms with Crippen molar-refractivity contribution in [2.45, 2.75) is 6.54 Å². The lowest BCUT2D eigenvalue weighted by Gasteiger charge is -2.10. The Morgan fingerprint density at radius 3 is 2.67 bits per heavy atom. The van der Waals surface area contributed by atoms with Crippen LogP contribution in [0.4, 0.5) is 5.69 Å². The van der Waals surface area contributed by atoms with Crippen LogP contribution in [0.15, 0.2) is 53.1 Å². The van der Waals surface area contributed by atoms with Crippen molar-refractivity contribution in [3.63, 3.8) is 0 Å². The number of H-pyrrole nitrogens is 1. The molecule has 0 saturated carbocycles. The topological polar surface area (TPSA) is 59.2 Å². The van der Waals surface area contributed by atoms with E-state index in [2.05, 4.69) is 37.3 Å². The number of benzene rings is 2. The molecule has 24 heavy (non-hydrogen) atoms. The van der Waals surface area contributed by atoms with E-state index in [0.29, 0.717) is 18.0 Å². The second-order valence-electron chi connectivity index (χ2n) is 5.18. The second-order valence-corrected chi connectivity index (χ2v) is 6.09. The van der Waals surface area contributed by atoms with E-state index in [-0.39, 0.29) is 0 Å². The Bertz CT molecular complexity index is 833. The number of ether oxygens (including phenoxy) is 2. The lowest BCUT2D eigenvalue weighted by atomic mass is 10.2. The first kappa shape index (κ1) is 16.4. The van der Waals surface area contributed by atoms with Crippen LogP contribution in [-0.4, -0.2) is 24.2 Å². The number of halogens is 1. The zero-order chi connectivity index (χ0) is 16.9. The van der Waals surface area contributed by atoms with Crippen LogP contribution in [0, 0.1) is 0 Å². The molecular weight excluding hydrogens is 370 g/mol. The van der Waals surface area contributed by atoms with Gasteiger partial charge in [0.15, 0.2) is 11.5 Å². The molecular formula is C18H18BrN3O2. The molecule has 0 fully saturated rings. The highest BCUT2D eigenvalue weighted by Crippen LogP contribution is 2.30. The number of imidazole rings is 1. The SMILES string of the molecule is COc1ccc(NCc2ncc(-c3cccc(Br)c3)[nH]2)cc1OC. The third kappa shape index (κ3) is 3.71. The molecule has 0 saturated heterocycles. The summed E-state index contributed by atoms with van der Waals surface area (Å²) in [6, 6.07) is 13.8. The molecule has 0 amide bonds. The molecule has 0 aliphatic carbocycles. The summed E-state index contributed by atoms with van der Waals surface area (Å²) in [6.45, 7) is 0.587. The summed E-state index contributed by atoms with van der Waals surface area (Å²) < 4.78 is 11.6. The largest absolute Gasteiger partial charge is 0.493 e. The van der Waals surface area contributed by atoms with E-state index in [1.165, 1.54) is 0 Å². The van der Waals surface area contributed by atoms with Crippen molar-refractivity contribution in [2.24, 2.45) is 0 Å². The average Bonchev–Trinajstić information content (AvgIpc) is 3.08. The Morgan fingerprint density at radius 1 is 1.08 bits per heavy atom. The van der Waals surface area contributed by atoms with Crippen LogP contribution in [0.25, 0.3) is 11.3 Å². The van der Waals surface area contributed by atoms with E-state index in [9.17, 15) is 0 Å². The van der Waals surface area contributed by atoms with E-state index < -0.39 is 0 Å². The fourth-order valence-corrected chi connectivity index (χ4v) is 2.79. The normalized spacial score (nSPS) is 10.5. The maximum Gasteiger partial charge on any atom is 0.162 e. The van der Waals surface area contributed by atoms with E-state index in [1.54, 1.807) is 14.2 Å². The molecule has 3 rings (SSSR count). The van der Waals surface area contributed by atoms with Gasteiger partial charge in [0, 0.05) is 21.8 Å². The number of nitrogens with zero attached hydrogens (tertiary/aromatic N) is 1. The summed E-state index contributed by atoms with van der Waals surface area (Å²) in [6.07, 6.45) is 1.84. The fraction of sp³-hybridized carbons (Fsp3) is 0.167. The van der Waals surface area contributed by atoms with Gasteiger partial charge in [-0.2, -0.15) is 0 Å². The lowest BCUT2D eigenvalue weighted by Crippen LogP contribution is -2.02. The molecule has 0 atom stereocenters. The quantitative estimate of drug-likeness (QED) is 0.654. The Balaban J connectivity index is 1.69. The van der Waals surface area contributed by atoms with Crippen LogP contribution in [0.5, 0.6) is 11.5 Å². The molecule has 0 aliphatic heterocycles. The molecule has 0 bridgehead atoms. The predicted molar refractivity (Wildman–Crippen MR) is 98.6 cm³/mol. The van der Waals surface area contributed by atoms with Gasteiger partial charge in [-0.05, 0) is 24.3 Å². The first-order chi connectivity index (χ1) is 11.7. The van der Waals surface area contributed by atoms with Gasteiger partial charge >= 0.3 is 0 Å². The smallest absolute Gasteiger partial charge is 0.162 e. The third-order valence-electron chi connectivity index (χ3n) is 3.61. The molecule has 3 aromatic rings. The van der Waals surface area contributed by atoms with E-state index in [4.69, 9.17) is 9.47 Å². The zero-order valence-corrected chi connectivity index (χ0v) is 15.1. The van der Waals surface area contributed by atoms with Gasteiger partial charge in [0.25, 0.3) is 0 Å². The van der Waals surface area contributed by atoms with Gasteiger partial charge in [-0.1, -0.05) is 28.1 Å². The minimum absolute atomic E-state index is 0.587. The highest BCUT2D eigenvalue weighted by atomic mass is 79.9. The average molecular weight is 388 g/mol.